The average molecular weight is 459 g/mol. The van der Waals surface area contributed by atoms with Gasteiger partial charge < -0.3 is 26.4 Å². The number of carbonyl (C=O) groups excluding carboxylic acids is 4. The normalized spacial score (nSPS) is 13.6. The van der Waals surface area contributed by atoms with Crippen LogP contribution in [0.4, 0.5) is 10.1 Å². The topological polar surface area (TPSA) is 140 Å². The summed E-state index contributed by atoms with van der Waals surface area (Å²) in [5.74, 6) is -2.72. The molecule has 11 heteroatoms. The van der Waals surface area contributed by atoms with Crippen LogP contribution in [0.25, 0.3) is 0 Å². The number of ketones is 1. The zero-order valence-corrected chi connectivity index (χ0v) is 18.4. The average Bonchev–Trinajstić information content (AvgIpc) is 2.70. The van der Waals surface area contributed by atoms with Gasteiger partial charge in [0.1, 0.15) is 17.8 Å². The molecule has 1 aromatic carbocycles. The molecule has 1 aromatic rings. The van der Waals surface area contributed by atoms with Gasteiger partial charge in [-0.3, -0.25) is 19.2 Å². The number of alkyl halides is 2. The maximum atomic E-state index is 13.2. The summed E-state index contributed by atoms with van der Waals surface area (Å²) in [4.78, 5) is 48.1. The summed E-state index contributed by atoms with van der Waals surface area (Å²) in [6, 6.07) is 4.40. The summed E-state index contributed by atoms with van der Waals surface area (Å²) in [5.41, 5.74) is 3.30. The number of nitrogens with two attached hydrogens (primary N) is 1. The quantitative estimate of drug-likeness (QED) is 0.326. The molecule has 1 rings (SSSR count). The molecule has 172 valence electrons. The van der Waals surface area contributed by atoms with E-state index in [2.05, 4.69) is 16.0 Å². The monoisotopic (exact) mass is 458 g/mol. The molecule has 0 heterocycles. The van der Waals surface area contributed by atoms with E-state index in [1.165, 1.54) is 7.11 Å². The first-order chi connectivity index (χ1) is 14.5. The van der Waals surface area contributed by atoms with Crippen molar-refractivity contribution in [1.29, 1.82) is 0 Å². The second-order valence-corrected chi connectivity index (χ2v) is 7.65. The molecule has 3 amide bonds. The zero-order valence-electron chi connectivity index (χ0n) is 17.6. The van der Waals surface area contributed by atoms with Gasteiger partial charge in [-0.1, -0.05) is 31.5 Å². The van der Waals surface area contributed by atoms with Crippen LogP contribution in [-0.2, 0) is 19.2 Å². The van der Waals surface area contributed by atoms with Gasteiger partial charge in [0.15, 0.2) is 0 Å². The molecular formula is C20H28ClFN4O5. The molecule has 0 radical (unpaired) electrons. The Hall–Kier alpha value is -2.88. The standard InChI is InChI=1S/C20H28ClFN4O5/c1-11(2)7-15(20(30)26-14(9-16(23)27)18(29)19(21)22)25-17(28)10-24-12-5-4-6-13(8-12)31-3/h4-6,8,11,14-15,19,24H,7,9-10H2,1-3H3,(H2,23,27)(H,25,28)(H,26,30)/t14?,15-,19-/m0/s1. The van der Waals surface area contributed by atoms with E-state index >= 15 is 0 Å². The molecule has 0 saturated heterocycles. The third kappa shape index (κ3) is 9.65. The Bertz CT molecular complexity index is 791. The molecule has 0 fully saturated rings. The molecule has 9 nitrogen and oxygen atoms in total. The van der Waals surface area contributed by atoms with Crippen molar-refractivity contribution in [1.82, 2.24) is 10.6 Å². The lowest BCUT2D eigenvalue weighted by Crippen LogP contribution is -2.54. The largest absolute Gasteiger partial charge is 0.497 e. The van der Waals surface area contributed by atoms with Gasteiger partial charge in [0, 0.05) is 11.8 Å². The van der Waals surface area contributed by atoms with Gasteiger partial charge in [-0.05, 0) is 24.5 Å². The van der Waals surface area contributed by atoms with E-state index in [0.29, 0.717) is 11.4 Å². The smallest absolute Gasteiger partial charge is 0.243 e. The van der Waals surface area contributed by atoms with Gasteiger partial charge in [-0.15, -0.1) is 0 Å². The van der Waals surface area contributed by atoms with Crippen LogP contribution in [-0.4, -0.2) is 54.9 Å². The maximum absolute atomic E-state index is 13.2. The van der Waals surface area contributed by atoms with Crippen molar-refractivity contribution in [3.05, 3.63) is 24.3 Å². The Morgan fingerprint density at radius 2 is 1.84 bits per heavy atom. The highest BCUT2D eigenvalue weighted by Crippen LogP contribution is 2.16. The Morgan fingerprint density at radius 3 is 2.39 bits per heavy atom. The number of ether oxygens (including phenoxy) is 1. The minimum Gasteiger partial charge on any atom is -0.497 e. The first-order valence-electron chi connectivity index (χ1n) is 9.61. The SMILES string of the molecule is COc1cccc(NCC(=O)N[C@@H](CC(C)C)C(=O)NC(CC(N)=O)C(=O)[C@H](F)Cl)c1. The number of amides is 3. The second-order valence-electron chi connectivity index (χ2n) is 7.27. The van der Waals surface area contributed by atoms with Crippen LogP contribution in [0.5, 0.6) is 5.75 Å². The first kappa shape index (κ1) is 26.2. The Labute approximate surface area is 185 Å². The number of hydrogen-bond donors (Lipinski definition) is 4. The number of halogens is 2. The Kier molecular flexibility index (Phi) is 10.7. The summed E-state index contributed by atoms with van der Waals surface area (Å²) in [6.45, 7) is 3.54. The van der Waals surface area contributed by atoms with Crippen LogP contribution in [0.3, 0.4) is 0 Å². The lowest BCUT2D eigenvalue weighted by Gasteiger charge is -2.23. The molecule has 1 unspecified atom stereocenters. The second kappa shape index (κ2) is 12.7. The zero-order chi connectivity index (χ0) is 23.6. The number of anilines is 1. The predicted molar refractivity (Wildman–Crippen MR) is 114 cm³/mol. The van der Waals surface area contributed by atoms with Crippen molar-refractivity contribution in [3.8, 4) is 5.75 Å². The van der Waals surface area contributed by atoms with E-state index in [-0.39, 0.29) is 18.9 Å². The lowest BCUT2D eigenvalue weighted by molar-refractivity contribution is -0.133. The van der Waals surface area contributed by atoms with Crippen molar-refractivity contribution in [2.24, 2.45) is 11.7 Å². The van der Waals surface area contributed by atoms with E-state index < -0.39 is 47.6 Å². The van der Waals surface area contributed by atoms with Crippen molar-refractivity contribution in [2.45, 2.75) is 44.4 Å². The number of hydrogen-bond acceptors (Lipinski definition) is 6. The number of primary amides is 1. The van der Waals surface area contributed by atoms with Crippen LogP contribution in [0.1, 0.15) is 26.7 Å². The van der Waals surface area contributed by atoms with Gasteiger partial charge in [0.05, 0.1) is 20.1 Å². The molecule has 0 bridgehead atoms. The van der Waals surface area contributed by atoms with Crippen molar-refractivity contribution < 1.29 is 28.3 Å². The van der Waals surface area contributed by atoms with Gasteiger partial charge in [-0.25, -0.2) is 4.39 Å². The molecule has 0 saturated carbocycles. The molecule has 0 aliphatic heterocycles. The third-order valence-corrected chi connectivity index (χ3v) is 4.38. The molecule has 0 aliphatic carbocycles. The van der Waals surface area contributed by atoms with Crippen LogP contribution in [0.2, 0.25) is 0 Å². The molecular weight excluding hydrogens is 431 g/mol. The van der Waals surface area contributed by atoms with E-state index in [0.717, 1.165) is 0 Å². The van der Waals surface area contributed by atoms with E-state index in [1.807, 2.05) is 13.8 Å². The van der Waals surface area contributed by atoms with E-state index in [1.54, 1.807) is 24.3 Å². The number of rotatable bonds is 13. The Morgan fingerprint density at radius 1 is 1.16 bits per heavy atom. The maximum Gasteiger partial charge on any atom is 0.243 e. The molecule has 5 N–H and O–H groups in total. The fourth-order valence-corrected chi connectivity index (χ4v) is 2.86. The number of benzene rings is 1. The van der Waals surface area contributed by atoms with Crippen molar-refractivity contribution >= 4 is 40.8 Å². The lowest BCUT2D eigenvalue weighted by atomic mass is 10.0. The van der Waals surface area contributed by atoms with E-state index in [4.69, 9.17) is 22.1 Å². The number of nitrogens with one attached hydrogen (secondary N) is 3. The van der Waals surface area contributed by atoms with Gasteiger partial charge in [0.25, 0.3) is 0 Å². The van der Waals surface area contributed by atoms with Crippen LogP contribution in [0.15, 0.2) is 24.3 Å². The highest BCUT2D eigenvalue weighted by Gasteiger charge is 2.31. The molecule has 3 atom stereocenters. The minimum absolute atomic E-state index is 0.00892. The fraction of sp³-hybridized carbons (Fsp3) is 0.500. The van der Waals surface area contributed by atoms with Crippen LogP contribution >= 0.6 is 11.6 Å². The fourth-order valence-electron chi connectivity index (χ4n) is 2.71. The number of methoxy groups -OCH3 is 1. The number of Topliss-reactive ketones (excluding diaryl/α,β-unsaturated/α-hetero) is 1. The first-order valence-corrected chi connectivity index (χ1v) is 10.0. The Balaban J connectivity index is 2.80. The predicted octanol–water partition coefficient (Wildman–Crippen LogP) is 1.10. The third-order valence-electron chi connectivity index (χ3n) is 4.16. The van der Waals surface area contributed by atoms with Crippen molar-refractivity contribution in [3.63, 3.8) is 0 Å². The summed E-state index contributed by atoms with van der Waals surface area (Å²) in [6.07, 6.45) is -0.369. The molecule has 0 aliphatic rings. The summed E-state index contributed by atoms with van der Waals surface area (Å²) in [5, 5.41) is 7.75. The molecule has 31 heavy (non-hydrogen) atoms. The summed E-state index contributed by atoms with van der Waals surface area (Å²) in [7, 11) is 1.52. The van der Waals surface area contributed by atoms with Gasteiger partial charge in [-0.2, -0.15) is 0 Å². The highest BCUT2D eigenvalue weighted by atomic mass is 35.5. The number of carbonyl (C=O) groups is 4. The molecule has 0 spiro atoms. The van der Waals surface area contributed by atoms with Crippen molar-refractivity contribution in [2.75, 3.05) is 19.0 Å². The van der Waals surface area contributed by atoms with Crippen LogP contribution < -0.4 is 26.4 Å². The van der Waals surface area contributed by atoms with Gasteiger partial charge >= 0.3 is 0 Å². The van der Waals surface area contributed by atoms with E-state index in [9.17, 15) is 23.6 Å². The van der Waals surface area contributed by atoms with Crippen LogP contribution in [0, 0.1) is 5.92 Å². The summed E-state index contributed by atoms with van der Waals surface area (Å²) >= 11 is 5.15. The minimum atomic E-state index is -2.41. The molecule has 0 aromatic heterocycles. The van der Waals surface area contributed by atoms with Gasteiger partial charge in [0.2, 0.25) is 29.1 Å². The highest BCUT2D eigenvalue weighted by molar-refractivity contribution is 6.30. The summed E-state index contributed by atoms with van der Waals surface area (Å²) < 4.78 is 18.3.